The number of carbonyl (C=O) groups excluding carboxylic acids is 1. The fourth-order valence-corrected chi connectivity index (χ4v) is 4.61. The van der Waals surface area contributed by atoms with Gasteiger partial charge < -0.3 is 14.5 Å². The number of anilines is 2. The number of para-hydroxylation sites is 1. The van der Waals surface area contributed by atoms with Crippen molar-refractivity contribution in [3.8, 4) is 5.75 Å². The Bertz CT molecular complexity index is 981. The van der Waals surface area contributed by atoms with Crippen molar-refractivity contribution < 1.29 is 13.9 Å². The van der Waals surface area contributed by atoms with E-state index in [9.17, 15) is 9.18 Å². The number of hydrogen-bond acceptors (Lipinski definition) is 8. The maximum atomic E-state index is 14.6. The van der Waals surface area contributed by atoms with Crippen LogP contribution in [0.5, 0.6) is 5.75 Å². The van der Waals surface area contributed by atoms with Crippen molar-refractivity contribution in [3.05, 3.63) is 47.9 Å². The highest BCUT2D eigenvalue weighted by atomic mass is 19.1. The zero-order chi connectivity index (χ0) is 22.2. The number of piperazine rings is 1. The van der Waals surface area contributed by atoms with Crippen LogP contribution in [-0.4, -0.2) is 68.2 Å². The van der Waals surface area contributed by atoms with Crippen LogP contribution in [0.1, 0.15) is 18.0 Å². The summed E-state index contributed by atoms with van der Waals surface area (Å²) in [6.45, 7) is 3.96. The number of likely N-dealkylation sites (N-methyl/N-ethyl adjacent to an activating group) is 1. The van der Waals surface area contributed by atoms with Crippen molar-refractivity contribution in [2.75, 3.05) is 50.2 Å². The molecule has 3 fully saturated rings. The Morgan fingerprint density at radius 1 is 1.12 bits per heavy atom. The minimum atomic E-state index is -0.516. The van der Waals surface area contributed by atoms with Crippen molar-refractivity contribution in [2.24, 2.45) is 0 Å². The molecule has 3 unspecified atom stereocenters. The van der Waals surface area contributed by atoms with Crippen molar-refractivity contribution in [3.63, 3.8) is 0 Å². The first-order valence-corrected chi connectivity index (χ1v) is 10.9. The lowest BCUT2D eigenvalue weighted by Crippen LogP contribution is -2.60. The van der Waals surface area contributed by atoms with Gasteiger partial charge >= 0.3 is 0 Å². The molecule has 9 nitrogen and oxygen atoms in total. The second-order valence-electron chi connectivity index (χ2n) is 8.49. The van der Waals surface area contributed by atoms with E-state index in [4.69, 9.17) is 9.72 Å². The van der Waals surface area contributed by atoms with E-state index in [1.165, 1.54) is 18.2 Å². The number of nitrogens with zero attached hydrogens (tertiary/aromatic N) is 4. The van der Waals surface area contributed by atoms with E-state index in [-0.39, 0.29) is 36.1 Å². The molecule has 170 valence electrons. The summed E-state index contributed by atoms with van der Waals surface area (Å²) in [5.41, 5.74) is 10.8. The van der Waals surface area contributed by atoms with E-state index in [0.29, 0.717) is 5.75 Å². The second kappa shape index (κ2) is 8.62. The number of rotatable bonds is 4. The van der Waals surface area contributed by atoms with Gasteiger partial charge in [-0.25, -0.2) is 25.2 Å². The predicted octanol–water partition coefficient (Wildman–Crippen LogP) is 0.809. The van der Waals surface area contributed by atoms with E-state index < -0.39 is 5.82 Å². The van der Waals surface area contributed by atoms with E-state index in [0.717, 1.165) is 37.6 Å². The van der Waals surface area contributed by atoms with E-state index in [1.807, 2.05) is 12.3 Å². The Morgan fingerprint density at radius 2 is 1.94 bits per heavy atom. The summed E-state index contributed by atoms with van der Waals surface area (Å²) in [5.74, 6) is 0.525. The Hall–Kier alpha value is -2.79. The van der Waals surface area contributed by atoms with Crippen molar-refractivity contribution in [2.45, 2.75) is 24.5 Å². The average Bonchev–Trinajstić information content (AvgIpc) is 3.21. The lowest BCUT2D eigenvalue weighted by Gasteiger charge is -2.37. The number of fused-ring (bicyclic) bond motifs is 1. The first-order chi connectivity index (χ1) is 15.5. The monoisotopic (exact) mass is 441 g/mol. The quantitative estimate of drug-likeness (QED) is 0.643. The van der Waals surface area contributed by atoms with Gasteiger partial charge in [-0.05, 0) is 30.8 Å². The summed E-state index contributed by atoms with van der Waals surface area (Å²) < 4.78 is 19.9. The topological polar surface area (TPSA) is 85.0 Å². The van der Waals surface area contributed by atoms with Gasteiger partial charge in [0.1, 0.15) is 17.3 Å². The summed E-state index contributed by atoms with van der Waals surface area (Å²) in [6.07, 6.45) is 2.10. The highest BCUT2D eigenvalue weighted by molar-refractivity contribution is 5.95. The number of nitrogens with one attached hydrogen (secondary N) is 3. The molecule has 4 heterocycles. The number of carbonyl (C=O) groups is 1. The average molecular weight is 442 g/mol. The van der Waals surface area contributed by atoms with Gasteiger partial charge in [0.2, 0.25) is 5.91 Å². The Kier molecular flexibility index (Phi) is 5.68. The number of ether oxygens (including phenoxy) is 1. The van der Waals surface area contributed by atoms with Gasteiger partial charge in [0.15, 0.2) is 5.82 Å². The molecule has 1 aromatic carbocycles. The normalized spacial score (nSPS) is 26.3. The Labute approximate surface area is 186 Å². The lowest BCUT2D eigenvalue weighted by atomic mass is 9.94. The summed E-state index contributed by atoms with van der Waals surface area (Å²) in [6, 6.07) is 8.19. The fourth-order valence-electron chi connectivity index (χ4n) is 4.61. The molecule has 1 amide bonds. The van der Waals surface area contributed by atoms with Crippen LogP contribution in [-0.2, 0) is 4.79 Å². The van der Waals surface area contributed by atoms with E-state index in [2.05, 4.69) is 39.2 Å². The van der Waals surface area contributed by atoms with Crippen LogP contribution in [0.15, 0.2) is 36.5 Å². The molecular formula is C22H28FN7O2. The summed E-state index contributed by atoms with van der Waals surface area (Å²) >= 11 is 0. The number of aromatic nitrogens is 1. The molecule has 3 atom stereocenters. The number of hydrazine groups is 2. The highest BCUT2D eigenvalue weighted by Crippen LogP contribution is 2.35. The van der Waals surface area contributed by atoms with Crippen LogP contribution in [0, 0.1) is 5.82 Å². The zero-order valence-corrected chi connectivity index (χ0v) is 18.2. The maximum absolute atomic E-state index is 14.6. The number of benzene rings is 1. The van der Waals surface area contributed by atoms with Gasteiger partial charge in [-0.1, -0.05) is 12.1 Å². The third-order valence-electron chi connectivity index (χ3n) is 6.49. The van der Waals surface area contributed by atoms with Gasteiger partial charge in [0.25, 0.3) is 0 Å². The van der Waals surface area contributed by atoms with Crippen LogP contribution in [0.2, 0.25) is 0 Å². The minimum Gasteiger partial charge on any atom is -0.494 e. The molecule has 3 aliphatic rings. The first-order valence-electron chi connectivity index (χ1n) is 10.9. The molecule has 3 saturated heterocycles. The number of pyridine rings is 1. The highest BCUT2D eigenvalue weighted by Gasteiger charge is 2.45. The molecule has 0 aliphatic carbocycles. The largest absolute Gasteiger partial charge is 0.494 e. The van der Waals surface area contributed by atoms with Crippen molar-refractivity contribution in [1.82, 2.24) is 26.2 Å². The van der Waals surface area contributed by atoms with E-state index >= 15 is 0 Å². The Morgan fingerprint density at radius 3 is 2.66 bits per heavy atom. The molecular weight excluding hydrogens is 413 g/mol. The molecule has 0 spiro atoms. The molecule has 0 bridgehead atoms. The van der Waals surface area contributed by atoms with Gasteiger partial charge in [-0.3, -0.25) is 10.2 Å². The third kappa shape index (κ3) is 3.79. The standard InChI is InChI=1S/C22H28FN7O2/c1-28-8-10-29(11-9-28)18-7-6-14(13-24-18)20-21-16(25-26-20)12-19(31)30(27-21)22-15(23)4-3-5-17(22)32-2/h3-7,13,16,20-21,25-27H,8-12H2,1-2H3. The number of methoxy groups -OCH3 is 1. The van der Waals surface area contributed by atoms with Crippen LogP contribution >= 0.6 is 0 Å². The summed E-state index contributed by atoms with van der Waals surface area (Å²) in [4.78, 5) is 22.1. The molecule has 3 aliphatic heterocycles. The second-order valence-corrected chi connectivity index (χ2v) is 8.49. The maximum Gasteiger partial charge on any atom is 0.243 e. The molecule has 32 heavy (non-hydrogen) atoms. The predicted molar refractivity (Wildman–Crippen MR) is 119 cm³/mol. The van der Waals surface area contributed by atoms with E-state index in [1.54, 1.807) is 12.1 Å². The zero-order valence-electron chi connectivity index (χ0n) is 18.2. The van der Waals surface area contributed by atoms with Gasteiger partial charge in [-0.2, -0.15) is 0 Å². The van der Waals surface area contributed by atoms with Crippen molar-refractivity contribution >= 4 is 17.4 Å². The van der Waals surface area contributed by atoms with Crippen LogP contribution in [0.25, 0.3) is 0 Å². The molecule has 0 radical (unpaired) electrons. The third-order valence-corrected chi connectivity index (χ3v) is 6.49. The molecule has 0 saturated carbocycles. The Balaban J connectivity index is 1.36. The van der Waals surface area contributed by atoms with Gasteiger partial charge in [0, 0.05) is 44.8 Å². The van der Waals surface area contributed by atoms with Gasteiger partial charge in [-0.15, -0.1) is 0 Å². The smallest absolute Gasteiger partial charge is 0.243 e. The fraction of sp³-hybridized carbons (Fsp3) is 0.455. The van der Waals surface area contributed by atoms with Crippen LogP contribution in [0.4, 0.5) is 15.9 Å². The molecule has 1 aromatic heterocycles. The van der Waals surface area contributed by atoms with Gasteiger partial charge in [0.05, 0.1) is 19.2 Å². The first kappa shape index (κ1) is 21.1. The summed E-state index contributed by atoms with van der Waals surface area (Å²) in [5, 5.41) is 1.28. The number of hydrogen-bond donors (Lipinski definition) is 3. The number of amides is 1. The lowest BCUT2D eigenvalue weighted by molar-refractivity contribution is -0.121. The van der Waals surface area contributed by atoms with Crippen LogP contribution < -0.4 is 30.9 Å². The number of halogens is 1. The molecule has 10 heteroatoms. The van der Waals surface area contributed by atoms with Crippen LogP contribution in [0.3, 0.4) is 0 Å². The molecule has 3 N–H and O–H groups in total. The minimum absolute atomic E-state index is 0.104. The SMILES string of the molecule is COc1cccc(F)c1N1NC2C(CC1=O)NNC2c1ccc(N2CCN(C)CC2)nc1. The molecule has 2 aromatic rings. The van der Waals surface area contributed by atoms with Crippen molar-refractivity contribution in [1.29, 1.82) is 0 Å². The molecule has 5 rings (SSSR count). The summed E-state index contributed by atoms with van der Waals surface area (Å²) in [7, 11) is 3.59.